The molecule has 2 aromatic carbocycles. The zero-order valence-electron chi connectivity index (χ0n) is 17.3. The van der Waals surface area contributed by atoms with Gasteiger partial charge in [-0.25, -0.2) is 4.98 Å². The van der Waals surface area contributed by atoms with E-state index in [0.29, 0.717) is 13.0 Å². The first kappa shape index (κ1) is 23.7. The zero-order chi connectivity index (χ0) is 20.1. The van der Waals surface area contributed by atoms with Crippen LogP contribution in [0.3, 0.4) is 0 Å². The molecule has 3 rings (SSSR count). The van der Waals surface area contributed by atoms with Crippen molar-refractivity contribution in [2.45, 2.75) is 25.2 Å². The number of fused-ring (bicyclic) bond motifs is 1. The van der Waals surface area contributed by atoms with Crippen molar-refractivity contribution >= 4 is 56.8 Å². The Labute approximate surface area is 187 Å². The fourth-order valence-corrected chi connectivity index (χ4v) is 5.06. The number of thiazole rings is 1. The summed E-state index contributed by atoms with van der Waals surface area (Å²) in [4.78, 5) is 23.0. The van der Waals surface area contributed by atoms with Crippen LogP contribution in [0.15, 0.2) is 47.4 Å². The second-order valence-corrected chi connectivity index (χ2v) is 9.36. The summed E-state index contributed by atoms with van der Waals surface area (Å²) in [5, 5.41) is 0.806. The first-order chi connectivity index (χ1) is 13.4. The minimum absolute atomic E-state index is 0. The fraction of sp³-hybridized carbons (Fsp3) is 0.364. The Morgan fingerprint density at radius 2 is 1.83 bits per heavy atom. The molecule has 0 N–H and O–H groups in total. The largest absolute Gasteiger partial charge is 0.308 e. The van der Waals surface area contributed by atoms with E-state index in [1.165, 1.54) is 10.5 Å². The summed E-state index contributed by atoms with van der Waals surface area (Å²) in [6, 6.07) is 14.5. The molecule has 1 heterocycles. The van der Waals surface area contributed by atoms with E-state index in [1.807, 2.05) is 37.2 Å². The number of halogens is 1. The van der Waals surface area contributed by atoms with Crippen LogP contribution in [0.1, 0.15) is 17.5 Å². The minimum atomic E-state index is 0. The molecular formula is C22H28ClN3OS2. The molecule has 3 aromatic rings. The number of aryl methyl sites for hydroxylation is 2. The molecule has 0 saturated carbocycles. The highest BCUT2D eigenvalue weighted by atomic mass is 35.5. The molecule has 4 nitrogen and oxygen atoms in total. The van der Waals surface area contributed by atoms with E-state index in [2.05, 4.69) is 43.0 Å². The number of rotatable bonds is 8. The number of carbonyl (C=O) groups is 1. The molecule has 0 aliphatic heterocycles. The summed E-state index contributed by atoms with van der Waals surface area (Å²) in [6.07, 6.45) is 0.501. The van der Waals surface area contributed by atoms with Crippen LogP contribution in [-0.2, 0) is 4.79 Å². The highest BCUT2D eigenvalue weighted by Crippen LogP contribution is 2.32. The van der Waals surface area contributed by atoms with E-state index in [-0.39, 0.29) is 18.3 Å². The maximum Gasteiger partial charge on any atom is 0.229 e. The molecule has 0 fully saturated rings. The number of benzene rings is 2. The minimum Gasteiger partial charge on any atom is -0.308 e. The number of nitrogens with zero attached hydrogens (tertiary/aromatic N) is 3. The lowest BCUT2D eigenvalue weighted by Crippen LogP contribution is -2.36. The molecule has 0 spiro atoms. The van der Waals surface area contributed by atoms with Gasteiger partial charge < -0.3 is 4.90 Å². The highest BCUT2D eigenvalue weighted by molar-refractivity contribution is 7.99. The molecule has 0 saturated heterocycles. The third kappa shape index (κ3) is 6.44. The lowest BCUT2D eigenvalue weighted by Gasteiger charge is -2.22. The van der Waals surface area contributed by atoms with E-state index < -0.39 is 0 Å². The maximum atomic E-state index is 13.0. The smallest absolute Gasteiger partial charge is 0.229 e. The first-order valence-electron chi connectivity index (χ1n) is 9.45. The van der Waals surface area contributed by atoms with Crippen molar-refractivity contribution in [2.75, 3.05) is 37.8 Å². The summed E-state index contributed by atoms with van der Waals surface area (Å²) in [7, 11) is 4.06. The lowest BCUT2D eigenvalue weighted by molar-refractivity contribution is -0.118. The number of hydrogen-bond donors (Lipinski definition) is 0. The average molecular weight is 450 g/mol. The van der Waals surface area contributed by atoms with Gasteiger partial charge in [0, 0.05) is 30.2 Å². The number of hydrogen-bond acceptors (Lipinski definition) is 5. The summed E-state index contributed by atoms with van der Waals surface area (Å²) < 4.78 is 1.15. The van der Waals surface area contributed by atoms with Gasteiger partial charge in [-0.2, -0.15) is 0 Å². The molecule has 0 atom stereocenters. The predicted octanol–water partition coefficient (Wildman–Crippen LogP) is 5.41. The highest BCUT2D eigenvalue weighted by Gasteiger charge is 2.20. The van der Waals surface area contributed by atoms with Crippen molar-refractivity contribution in [1.82, 2.24) is 9.88 Å². The van der Waals surface area contributed by atoms with Gasteiger partial charge in [0.25, 0.3) is 0 Å². The topological polar surface area (TPSA) is 36.4 Å². The third-order valence-electron chi connectivity index (χ3n) is 4.45. The molecule has 0 aliphatic carbocycles. The number of carbonyl (C=O) groups excluding carboxylic acids is 1. The molecule has 156 valence electrons. The van der Waals surface area contributed by atoms with Crippen molar-refractivity contribution in [3.63, 3.8) is 0 Å². The molecule has 7 heteroatoms. The van der Waals surface area contributed by atoms with Gasteiger partial charge >= 0.3 is 0 Å². The molecule has 0 unspecified atom stereocenters. The van der Waals surface area contributed by atoms with Crippen molar-refractivity contribution in [3.8, 4) is 0 Å². The molecule has 1 amide bonds. The standard InChI is InChI=1S/C22H27N3OS2.ClH/c1-16-14-17(2)21-19(15-16)28-22(23-21)25(12-11-24(3)4)20(26)10-13-27-18-8-6-5-7-9-18;/h5-9,14-15H,10-13H2,1-4H3;1H. The van der Waals surface area contributed by atoms with Gasteiger partial charge in [-0.1, -0.05) is 35.6 Å². The average Bonchev–Trinajstić information content (AvgIpc) is 3.06. The second kappa shape index (κ2) is 11.0. The van der Waals surface area contributed by atoms with Gasteiger partial charge in [0.05, 0.1) is 10.2 Å². The van der Waals surface area contributed by atoms with Gasteiger partial charge in [-0.15, -0.1) is 24.2 Å². The van der Waals surface area contributed by atoms with Crippen LogP contribution >= 0.6 is 35.5 Å². The van der Waals surface area contributed by atoms with Crippen LogP contribution in [0.5, 0.6) is 0 Å². The van der Waals surface area contributed by atoms with Gasteiger partial charge in [-0.05, 0) is 57.3 Å². The van der Waals surface area contributed by atoms with Crippen molar-refractivity contribution in [3.05, 3.63) is 53.6 Å². The Hall–Kier alpha value is -1.60. The zero-order valence-corrected chi connectivity index (χ0v) is 19.8. The quantitative estimate of drug-likeness (QED) is 0.430. The Morgan fingerprint density at radius 1 is 1.10 bits per heavy atom. The van der Waals surface area contributed by atoms with E-state index in [4.69, 9.17) is 4.98 Å². The van der Waals surface area contributed by atoms with Gasteiger partial charge in [-0.3, -0.25) is 9.69 Å². The van der Waals surface area contributed by atoms with Crippen LogP contribution in [0.4, 0.5) is 5.13 Å². The molecular weight excluding hydrogens is 422 g/mol. The summed E-state index contributed by atoms with van der Waals surface area (Å²) >= 11 is 3.33. The van der Waals surface area contributed by atoms with Crippen LogP contribution in [0.25, 0.3) is 10.2 Å². The van der Waals surface area contributed by atoms with Crippen LogP contribution in [0, 0.1) is 13.8 Å². The molecule has 0 radical (unpaired) electrons. The summed E-state index contributed by atoms with van der Waals surface area (Å²) in [5.74, 6) is 0.906. The third-order valence-corrected chi connectivity index (χ3v) is 6.49. The Bertz CT molecular complexity index is 944. The van der Waals surface area contributed by atoms with E-state index in [1.54, 1.807) is 23.1 Å². The number of aromatic nitrogens is 1. The van der Waals surface area contributed by atoms with Crippen LogP contribution < -0.4 is 4.90 Å². The maximum absolute atomic E-state index is 13.0. The number of anilines is 1. The molecule has 0 bridgehead atoms. The number of thioether (sulfide) groups is 1. The van der Waals surface area contributed by atoms with Gasteiger partial charge in [0.2, 0.25) is 5.91 Å². The second-order valence-electron chi connectivity index (χ2n) is 7.19. The van der Waals surface area contributed by atoms with Crippen molar-refractivity contribution in [2.24, 2.45) is 0 Å². The number of amides is 1. The first-order valence-corrected chi connectivity index (χ1v) is 11.2. The fourth-order valence-electron chi connectivity index (χ4n) is 3.01. The van der Waals surface area contributed by atoms with Crippen molar-refractivity contribution < 1.29 is 4.79 Å². The predicted molar refractivity (Wildman–Crippen MR) is 129 cm³/mol. The Kier molecular flexibility index (Phi) is 8.96. The van der Waals surface area contributed by atoms with Crippen molar-refractivity contribution in [1.29, 1.82) is 0 Å². The van der Waals surface area contributed by atoms with E-state index >= 15 is 0 Å². The molecule has 1 aromatic heterocycles. The van der Waals surface area contributed by atoms with Gasteiger partial charge in [0.15, 0.2) is 5.13 Å². The lowest BCUT2D eigenvalue weighted by atomic mass is 10.1. The Morgan fingerprint density at radius 3 is 2.52 bits per heavy atom. The van der Waals surface area contributed by atoms with Gasteiger partial charge in [0.1, 0.15) is 0 Å². The monoisotopic (exact) mass is 449 g/mol. The Balaban J connectivity index is 0.00000300. The molecule has 29 heavy (non-hydrogen) atoms. The SMILES string of the molecule is Cc1cc(C)c2nc(N(CCN(C)C)C(=O)CCSc3ccccc3)sc2c1.Cl. The van der Waals surface area contributed by atoms with E-state index in [9.17, 15) is 4.79 Å². The summed E-state index contributed by atoms with van der Waals surface area (Å²) in [5.41, 5.74) is 3.40. The summed E-state index contributed by atoms with van der Waals surface area (Å²) in [6.45, 7) is 5.65. The van der Waals surface area contributed by atoms with E-state index in [0.717, 1.165) is 33.2 Å². The number of likely N-dealkylation sites (N-methyl/N-ethyl adjacent to an activating group) is 1. The molecule has 0 aliphatic rings. The van der Waals surface area contributed by atoms with Crippen LogP contribution in [-0.4, -0.2) is 48.7 Å². The van der Waals surface area contributed by atoms with Crippen LogP contribution in [0.2, 0.25) is 0 Å². The normalized spacial score (nSPS) is 10.9.